The van der Waals surface area contributed by atoms with E-state index in [1.165, 1.54) is 18.4 Å². The largest absolute Gasteiger partial charge is 0.490 e. The van der Waals surface area contributed by atoms with Gasteiger partial charge in [-0.2, -0.15) is 0 Å². The summed E-state index contributed by atoms with van der Waals surface area (Å²) in [6.45, 7) is 7.92. The molecule has 0 atom stereocenters. The minimum absolute atomic E-state index is 0.554. The van der Waals surface area contributed by atoms with E-state index in [1.807, 2.05) is 12.1 Å². The first kappa shape index (κ1) is 15.1. The van der Waals surface area contributed by atoms with Gasteiger partial charge in [0, 0.05) is 19.8 Å². The summed E-state index contributed by atoms with van der Waals surface area (Å²) < 4.78 is 11.0. The molecule has 0 aromatic heterocycles. The molecular formula is C17H25NO2. The summed E-state index contributed by atoms with van der Waals surface area (Å²) in [4.78, 5) is 0. The Kier molecular flexibility index (Phi) is 6.61. The highest BCUT2D eigenvalue weighted by molar-refractivity contribution is 5.27. The number of hydrogen-bond acceptors (Lipinski definition) is 3. The van der Waals surface area contributed by atoms with Crippen molar-refractivity contribution in [3.63, 3.8) is 0 Å². The molecule has 3 nitrogen and oxygen atoms in total. The second kappa shape index (κ2) is 8.77. The molecule has 0 bridgehead atoms. The SMILES string of the molecule is C=CCOc1ccc(CNCCCOCC2CC2)cc1. The third-order valence-electron chi connectivity index (χ3n) is 3.31. The van der Waals surface area contributed by atoms with Crippen molar-refractivity contribution in [1.29, 1.82) is 0 Å². The molecule has 20 heavy (non-hydrogen) atoms. The molecule has 0 radical (unpaired) electrons. The van der Waals surface area contributed by atoms with Gasteiger partial charge < -0.3 is 14.8 Å². The van der Waals surface area contributed by atoms with Crippen molar-refractivity contribution in [2.75, 3.05) is 26.4 Å². The molecule has 0 amide bonds. The average Bonchev–Trinajstić information content (AvgIpc) is 3.29. The minimum atomic E-state index is 0.554. The molecule has 0 saturated heterocycles. The zero-order chi connectivity index (χ0) is 14.0. The van der Waals surface area contributed by atoms with Crippen LogP contribution in [0, 0.1) is 5.92 Å². The smallest absolute Gasteiger partial charge is 0.119 e. The van der Waals surface area contributed by atoms with Gasteiger partial charge in [-0.25, -0.2) is 0 Å². The molecule has 1 aliphatic carbocycles. The van der Waals surface area contributed by atoms with Crippen LogP contribution in [-0.2, 0) is 11.3 Å². The zero-order valence-corrected chi connectivity index (χ0v) is 12.1. The van der Waals surface area contributed by atoms with Crippen LogP contribution < -0.4 is 10.1 Å². The summed E-state index contributed by atoms with van der Waals surface area (Å²) in [7, 11) is 0. The van der Waals surface area contributed by atoms with E-state index in [0.717, 1.165) is 44.4 Å². The van der Waals surface area contributed by atoms with Crippen LogP contribution in [0.5, 0.6) is 5.75 Å². The van der Waals surface area contributed by atoms with Crippen LogP contribution in [0.15, 0.2) is 36.9 Å². The molecule has 0 heterocycles. The maximum absolute atomic E-state index is 5.60. The van der Waals surface area contributed by atoms with Crippen molar-refractivity contribution < 1.29 is 9.47 Å². The quantitative estimate of drug-likeness (QED) is 0.497. The van der Waals surface area contributed by atoms with E-state index >= 15 is 0 Å². The second-order valence-electron chi connectivity index (χ2n) is 5.29. The third kappa shape index (κ3) is 6.22. The Morgan fingerprint density at radius 2 is 2.05 bits per heavy atom. The molecule has 0 spiro atoms. The first-order valence-corrected chi connectivity index (χ1v) is 7.49. The molecule has 2 rings (SSSR count). The molecule has 3 heteroatoms. The molecule has 1 aliphatic rings. The van der Waals surface area contributed by atoms with E-state index in [-0.39, 0.29) is 0 Å². The highest BCUT2D eigenvalue weighted by Crippen LogP contribution is 2.28. The third-order valence-corrected chi connectivity index (χ3v) is 3.31. The van der Waals surface area contributed by atoms with Gasteiger partial charge in [-0.15, -0.1) is 0 Å². The summed E-state index contributed by atoms with van der Waals surface area (Å²) in [5.74, 6) is 1.76. The maximum Gasteiger partial charge on any atom is 0.119 e. The fraction of sp³-hybridized carbons (Fsp3) is 0.529. The molecule has 1 N–H and O–H groups in total. The number of rotatable bonds is 11. The summed E-state index contributed by atoms with van der Waals surface area (Å²) in [6, 6.07) is 8.18. The molecule has 1 aromatic carbocycles. The lowest BCUT2D eigenvalue weighted by molar-refractivity contribution is 0.122. The lowest BCUT2D eigenvalue weighted by Crippen LogP contribution is -2.16. The fourth-order valence-corrected chi connectivity index (χ4v) is 1.93. The Morgan fingerprint density at radius 1 is 1.25 bits per heavy atom. The van der Waals surface area contributed by atoms with E-state index in [9.17, 15) is 0 Å². The van der Waals surface area contributed by atoms with Crippen LogP contribution >= 0.6 is 0 Å². The minimum Gasteiger partial charge on any atom is -0.490 e. The molecular weight excluding hydrogens is 250 g/mol. The van der Waals surface area contributed by atoms with Crippen LogP contribution in [0.4, 0.5) is 0 Å². The molecule has 1 fully saturated rings. The predicted molar refractivity (Wildman–Crippen MR) is 82.0 cm³/mol. The van der Waals surface area contributed by atoms with Gasteiger partial charge in [-0.1, -0.05) is 24.8 Å². The van der Waals surface area contributed by atoms with E-state index in [4.69, 9.17) is 9.47 Å². The second-order valence-corrected chi connectivity index (χ2v) is 5.29. The number of nitrogens with one attached hydrogen (secondary N) is 1. The summed E-state index contributed by atoms with van der Waals surface area (Å²) in [5.41, 5.74) is 1.27. The van der Waals surface area contributed by atoms with Crippen LogP contribution in [0.1, 0.15) is 24.8 Å². The Morgan fingerprint density at radius 3 is 2.75 bits per heavy atom. The van der Waals surface area contributed by atoms with Crippen molar-refractivity contribution in [3.8, 4) is 5.75 Å². The van der Waals surface area contributed by atoms with E-state index in [2.05, 4.69) is 24.0 Å². The Hall–Kier alpha value is -1.32. The summed E-state index contributed by atoms with van der Waals surface area (Å²) in [6.07, 6.45) is 5.56. The Labute approximate surface area is 122 Å². The number of benzene rings is 1. The molecule has 1 saturated carbocycles. The van der Waals surface area contributed by atoms with Crippen molar-refractivity contribution in [3.05, 3.63) is 42.5 Å². The Balaban J connectivity index is 1.50. The lowest BCUT2D eigenvalue weighted by atomic mass is 10.2. The highest BCUT2D eigenvalue weighted by atomic mass is 16.5. The van der Waals surface area contributed by atoms with Gasteiger partial charge in [0.1, 0.15) is 12.4 Å². The first-order valence-electron chi connectivity index (χ1n) is 7.49. The maximum atomic E-state index is 5.60. The molecule has 0 unspecified atom stereocenters. The van der Waals surface area contributed by atoms with Crippen molar-refractivity contribution in [2.24, 2.45) is 5.92 Å². The van der Waals surface area contributed by atoms with Crippen LogP contribution in [-0.4, -0.2) is 26.4 Å². The van der Waals surface area contributed by atoms with Gasteiger partial charge in [0.2, 0.25) is 0 Å². The molecule has 0 aliphatic heterocycles. The number of hydrogen-bond donors (Lipinski definition) is 1. The van der Waals surface area contributed by atoms with Gasteiger partial charge in [0.05, 0.1) is 0 Å². The summed E-state index contributed by atoms with van der Waals surface area (Å²) in [5, 5.41) is 3.43. The summed E-state index contributed by atoms with van der Waals surface area (Å²) >= 11 is 0. The zero-order valence-electron chi connectivity index (χ0n) is 12.1. The van der Waals surface area contributed by atoms with Crippen molar-refractivity contribution in [2.45, 2.75) is 25.8 Å². The van der Waals surface area contributed by atoms with Crippen molar-refractivity contribution >= 4 is 0 Å². The average molecular weight is 275 g/mol. The standard InChI is InChI=1S/C17H25NO2/c1-2-11-20-17-8-6-15(7-9-17)13-18-10-3-12-19-14-16-4-5-16/h2,6-9,16,18H,1,3-5,10-14H2. The van der Waals surface area contributed by atoms with E-state index < -0.39 is 0 Å². The monoisotopic (exact) mass is 275 g/mol. The fourth-order valence-electron chi connectivity index (χ4n) is 1.93. The Bertz CT molecular complexity index is 384. The van der Waals surface area contributed by atoms with E-state index in [0.29, 0.717) is 6.61 Å². The highest BCUT2D eigenvalue weighted by Gasteiger charge is 2.20. The molecule has 110 valence electrons. The predicted octanol–water partition coefficient (Wildman–Crippen LogP) is 3.16. The lowest BCUT2D eigenvalue weighted by Gasteiger charge is -2.07. The molecule has 1 aromatic rings. The normalized spacial score (nSPS) is 14.2. The van der Waals surface area contributed by atoms with Crippen LogP contribution in [0.3, 0.4) is 0 Å². The van der Waals surface area contributed by atoms with Crippen LogP contribution in [0.25, 0.3) is 0 Å². The topological polar surface area (TPSA) is 30.5 Å². The van der Waals surface area contributed by atoms with Gasteiger partial charge in [0.15, 0.2) is 0 Å². The van der Waals surface area contributed by atoms with Crippen LogP contribution in [0.2, 0.25) is 0 Å². The first-order chi connectivity index (χ1) is 9.88. The van der Waals surface area contributed by atoms with Gasteiger partial charge in [-0.05, 0) is 49.4 Å². The van der Waals surface area contributed by atoms with Gasteiger partial charge >= 0.3 is 0 Å². The van der Waals surface area contributed by atoms with Gasteiger partial charge in [0.25, 0.3) is 0 Å². The number of ether oxygens (including phenoxy) is 2. The van der Waals surface area contributed by atoms with Crippen molar-refractivity contribution in [1.82, 2.24) is 5.32 Å². The van der Waals surface area contributed by atoms with Gasteiger partial charge in [-0.3, -0.25) is 0 Å². The van der Waals surface area contributed by atoms with E-state index in [1.54, 1.807) is 6.08 Å².